The smallest absolute Gasteiger partial charge is 0.123 e. The second kappa shape index (κ2) is 4.93. The number of rotatable bonds is 5. The van der Waals surface area contributed by atoms with Crippen LogP contribution >= 0.6 is 0 Å². The Bertz CT molecular complexity index is 332. The number of hydrogen-bond acceptors (Lipinski definition) is 2. The van der Waals surface area contributed by atoms with Gasteiger partial charge in [-0.25, -0.2) is 4.39 Å². The lowest BCUT2D eigenvalue weighted by molar-refractivity contribution is -0.0462. The van der Waals surface area contributed by atoms with Crippen molar-refractivity contribution in [3.63, 3.8) is 0 Å². The maximum absolute atomic E-state index is 12.8. The molecule has 2 rings (SSSR count). The van der Waals surface area contributed by atoms with E-state index in [1.54, 1.807) is 12.1 Å². The van der Waals surface area contributed by atoms with Crippen LogP contribution < -0.4 is 0 Å². The molecule has 1 aliphatic rings. The zero-order valence-electron chi connectivity index (χ0n) is 9.40. The van der Waals surface area contributed by atoms with E-state index in [2.05, 4.69) is 0 Å². The molecule has 0 saturated heterocycles. The van der Waals surface area contributed by atoms with Crippen LogP contribution in [0.2, 0.25) is 0 Å². The van der Waals surface area contributed by atoms with Gasteiger partial charge >= 0.3 is 0 Å². The zero-order chi connectivity index (χ0) is 11.5. The van der Waals surface area contributed by atoms with Crippen LogP contribution in [-0.2, 0) is 4.74 Å². The molecule has 1 saturated carbocycles. The first-order chi connectivity index (χ1) is 7.72. The standard InChI is InChI=1S/C13H17FO2/c1-2-16-13(10-3-4-10)12(15)9-5-7-11(14)8-6-9/h5-8,10,12-13,15H,2-4H2,1H3. The number of benzene rings is 1. The SMILES string of the molecule is CCOC(C1CC1)C(O)c1ccc(F)cc1. The minimum absolute atomic E-state index is 0.143. The fraction of sp³-hybridized carbons (Fsp3) is 0.538. The van der Waals surface area contributed by atoms with Crippen molar-refractivity contribution in [2.24, 2.45) is 5.92 Å². The Morgan fingerprint density at radius 3 is 2.50 bits per heavy atom. The number of aliphatic hydroxyl groups excluding tert-OH is 1. The van der Waals surface area contributed by atoms with E-state index in [1.807, 2.05) is 6.92 Å². The molecular formula is C13H17FO2. The lowest BCUT2D eigenvalue weighted by Crippen LogP contribution is -2.24. The van der Waals surface area contributed by atoms with E-state index in [-0.39, 0.29) is 11.9 Å². The molecule has 0 aliphatic heterocycles. The van der Waals surface area contributed by atoms with Gasteiger partial charge in [0.15, 0.2) is 0 Å². The first kappa shape index (κ1) is 11.6. The Labute approximate surface area is 95.1 Å². The summed E-state index contributed by atoms with van der Waals surface area (Å²) in [5, 5.41) is 10.2. The molecule has 0 aromatic heterocycles. The molecule has 0 spiro atoms. The van der Waals surface area contributed by atoms with E-state index < -0.39 is 6.10 Å². The Balaban J connectivity index is 2.08. The summed E-state index contributed by atoms with van der Waals surface area (Å²) in [6.45, 7) is 2.52. The molecule has 1 aliphatic carbocycles. The van der Waals surface area contributed by atoms with Gasteiger partial charge in [-0.3, -0.25) is 0 Å². The van der Waals surface area contributed by atoms with Gasteiger partial charge in [-0.1, -0.05) is 12.1 Å². The quantitative estimate of drug-likeness (QED) is 0.833. The van der Waals surface area contributed by atoms with Crippen LogP contribution in [0.5, 0.6) is 0 Å². The second-order valence-corrected chi connectivity index (χ2v) is 4.25. The summed E-state index contributed by atoms with van der Waals surface area (Å²) in [5.74, 6) is 0.176. The monoisotopic (exact) mass is 224 g/mol. The average Bonchev–Trinajstić information content (AvgIpc) is 3.10. The Morgan fingerprint density at radius 1 is 1.38 bits per heavy atom. The molecule has 3 heteroatoms. The van der Waals surface area contributed by atoms with Gasteiger partial charge in [0.1, 0.15) is 11.9 Å². The van der Waals surface area contributed by atoms with Crippen LogP contribution in [0.3, 0.4) is 0 Å². The van der Waals surface area contributed by atoms with Crippen LogP contribution in [0.25, 0.3) is 0 Å². The largest absolute Gasteiger partial charge is 0.386 e. The van der Waals surface area contributed by atoms with Crippen molar-refractivity contribution in [2.45, 2.75) is 32.0 Å². The molecule has 1 aromatic rings. The maximum atomic E-state index is 12.8. The van der Waals surface area contributed by atoms with Crippen molar-refractivity contribution in [3.05, 3.63) is 35.6 Å². The molecule has 0 amide bonds. The summed E-state index contributed by atoms with van der Waals surface area (Å²) in [5.41, 5.74) is 0.728. The lowest BCUT2D eigenvalue weighted by Gasteiger charge is -2.22. The minimum Gasteiger partial charge on any atom is -0.386 e. The molecule has 1 fully saturated rings. The second-order valence-electron chi connectivity index (χ2n) is 4.25. The molecule has 88 valence electrons. The van der Waals surface area contributed by atoms with Gasteiger partial charge in [0.05, 0.1) is 6.10 Å². The van der Waals surface area contributed by atoms with Crippen LogP contribution in [0.4, 0.5) is 4.39 Å². The highest BCUT2D eigenvalue weighted by atomic mass is 19.1. The van der Waals surface area contributed by atoms with E-state index in [9.17, 15) is 9.50 Å². The lowest BCUT2D eigenvalue weighted by atomic mass is 10.0. The predicted octanol–water partition coefficient (Wildman–Crippen LogP) is 2.67. The third kappa shape index (κ3) is 2.60. The Kier molecular flexibility index (Phi) is 3.56. The van der Waals surface area contributed by atoms with Gasteiger partial charge in [0.25, 0.3) is 0 Å². The van der Waals surface area contributed by atoms with Gasteiger partial charge in [0, 0.05) is 6.61 Å². The maximum Gasteiger partial charge on any atom is 0.123 e. The molecule has 1 aromatic carbocycles. The first-order valence-electron chi connectivity index (χ1n) is 5.77. The van der Waals surface area contributed by atoms with Crippen LogP contribution in [0.15, 0.2) is 24.3 Å². The fourth-order valence-electron chi connectivity index (χ4n) is 1.95. The van der Waals surface area contributed by atoms with Crippen molar-refractivity contribution in [1.82, 2.24) is 0 Å². The topological polar surface area (TPSA) is 29.5 Å². The Hall–Kier alpha value is -0.930. The highest BCUT2D eigenvalue weighted by Gasteiger charge is 2.37. The average molecular weight is 224 g/mol. The number of ether oxygens (including phenoxy) is 1. The molecule has 0 bridgehead atoms. The summed E-state index contributed by atoms with van der Waals surface area (Å²) in [6.07, 6.45) is 1.44. The molecule has 1 N–H and O–H groups in total. The van der Waals surface area contributed by atoms with E-state index in [1.165, 1.54) is 12.1 Å². The summed E-state index contributed by atoms with van der Waals surface area (Å²) in [6, 6.07) is 5.98. The summed E-state index contributed by atoms with van der Waals surface area (Å²) in [4.78, 5) is 0. The summed E-state index contributed by atoms with van der Waals surface area (Å²) in [7, 11) is 0. The van der Waals surface area contributed by atoms with Gasteiger partial charge in [-0.05, 0) is 43.4 Å². The van der Waals surface area contributed by atoms with Crippen molar-refractivity contribution < 1.29 is 14.2 Å². The van der Waals surface area contributed by atoms with Gasteiger partial charge in [-0.15, -0.1) is 0 Å². The summed E-state index contributed by atoms with van der Waals surface area (Å²) < 4.78 is 18.3. The summed E-state index contributed by atoms with van der Waals surface area (Å²) >= 11 is 0. The normalized spacial score (nSPS) is 19.4. The third-order valence-corrected chi connectivity index (χ3v) is 2.97. The van der Waals surface area contributed by atoms with E-state index in [4.69, 9.17) is 4.74 Å². The number of hydrogen-bond donors (Lipinski definition) is 1. The number of aliphatic hydroxyl groups is 1. The zero-order valence-corrected chi connectivity index (χ0v) is 9.40. The van der Waals surface area contributed by atoms with E-state index >= 15 is 0 Å². The fourth-order valence-corrected chi connectivity index (χ4v) is 1.95. The molecular weight excluding hydrogens is 207 g/mol. The van der Waals surface area contributed by atoms with Crippen LogP contribution in [-0.4, -0.2) is 17.8 Å². The first-order valence-corrected chi connectivity index (χ1v) is 5.77. The van der Waals surface area contributed by atoms with E-state index in [0.717, 1.165) is 18.4 Å². The van der Waals surface area contributed by atoms with Crippen LogP contribution in [0, 0.1) is 11.7 Å². The van der Waals surface area contributed by atoms with Crippen molar-refractivity contribution in [3.8, 4) is 0 Å². The van der Waals surface area contributed by atoms with Gasteiger partial charge in [-0.2, -0.15) is 0 Å². The van der Waals surface area contributed by atoms with Crippen molar-refractivity contribution in [2.75, 3.05) is 6.61 Å². The third-order valence-electron chi connectivity index (χ3n) is 2.97. The molecule has 0 radical (unpaired) electrons. The van der Waals surface area contributed by atoms with Gasteiger partial charge < -0.3 is 9.84 Å². The molecule has 0 heterocycles. The van der Waals surface area contributed by atoms with E-state index in [0.29, 0.717) is 12.5 Å². The highest BCUT2D eigenvalue weighted by molar-refractivity contribution is 5.20. The molecule has 2 atom stereocenters. The minimum atomic E-state index is -0.645. The van der Waals surface area contributed by atoms with Crippen molar-refractivity contribution >= 4 is 0 Å². The van der Waals surface area contributed by atoms with Crippen molar-refractivity contribution in [1.29, 1.82) is 0 Å². The molecule has 2 unspecified atom stereocenters. The van der Waals surface area contributed by atoms with Gasteiger partial charge in [0.2, 0.25) is 0 Å². The Morgan fingerprint density at radius 2 is 2.00 bits per heavy atom. The predicted molar refractivity (Wildman–Crippen MR) is 59.5 cm³/mol. The molecule has 2 nitrogen and oxygen atoms in total. The van der Waals surface area contributed by atoms with Crippen LogP contribution in [0.1, 0.15) is 31.4 Å². The molecule has 16 heavy (non-hydrogen) atoms. The highest BCUT2D eigenvalue weighted by Crippen LogP contribution is 2.39. The number of halogens is 1.